The van der Waals surface area contributed by atoms with Crippen molar-refractivity contribution < 1.29 is 24.2 Å². The molecule has 0 radical (unpaired) electrons. The van der Waals surface area contributed by atoms with Gasteiger partial charge in [-0.15, -0.1) is 11.8 Å². The van der Waals surface area contributed by atoms with Crippen LogP contribution in [-0.2, 0) is 16.0 Å². The van der Waals surface area contributed by atoms with E-state index in [0.29, 0.717) is 32.1 Å². The van der Waals surface area contributed by atoms with E-state index in [4.69, 9.17) is 9.47 Å². The Labute approximate surface area is 236 Å². The Bertz CT molecular complexity index is 1130. The van der Waals surface area contributed by atoms with E-state index in [2.05, 4.69) is 33.4 Å². The van der Waals surface area contributed by atoms with E-state index in [1.807, 2.05) is 66.7 Å². The Balaban J connectivity index is 1.53. The highest BCUT2D eigenvalue weighted by molar-refractivity contribution is 9.10. The number of carboxylic acid groups (broad SMARTS) is 1. The van der Waals surface area contributed by atoms with Crippen LogP contribution in [0, 0.1) is 0 Å². The van der Waals surface area contributed by atoms with Gasteiger partial charge in [0.15, 0.2) is 6.10 Å². The van der Waals surface area contributed by atoms with Gasteiger partial charge in [-0.05, 0) is 73.2 Å². The number of nitrogens with zero attached hydrogens (tertiary/aromatic N) is 1. The zero-order valence-corrected chi connectivity index (χ0v) is 23.7. The van der Waals surface area contributed by atoms with Crippen LogP contribution >= 0.6 is 27.7 Å². The Hall–Kier alpha value is -3.01. The molecule has 3 aromatic carbocycles. The molecule has 2 amide bonds. The van der Waals surface area contributed by atoms with Crippen molar-refractivity contribution in [1.29, 1.82) is 0 Å². The Morgan fingerprint density at radius 1 is 1.00 bits per heavy atom. The number of carbonyl (C=O) groups excluding carboxylic acids is 1. The molecule has 0 fully saturated rings. The molecule has 0 saturated carbocycles. The first-order chi connectivity index (χ1) is 18.4. The van der Waals surface area contributed by atoms with Crippen molar-refractivity contribution in [2.45, 2.75) is 30.8 Å². The van der Waals surface area contributed by atoms with Gasteiger partial charge in [-0.1, -0.05) is 46.3 Å². The monoisotopic (exact) mass is 600 g/mol. The number of aliphatic carboxylic acids is 1. The van der Waals surface area contributed by atoms with Crippen LogP contribution in [0.3, 0.4) is 0 Å². The van der Waals surface area contributed by atoms with E-state index in [0.717, 1.165) is 27.9 Å². The summed E-state index contributed by atoms with van der Waals surface area (Å²) in [6, 6.07) is 24.8. The molecule has 0 spiro atoms. The zero-order valence-electron chi connectivity index (χ0n) is 21.3. The second-order valence-corrected chi connectivity index (χ2v) is 10.5. The van der Waals surface area contributed by atoms with Gasteiger partial charge >= 0.3 is 12.0 Å². The van der Waals surface area contributed by atoms with E-state index < -0.39 is 12.1 Å². The van der Waals surface area contributed by atoms with E-state index >= 15 is 0 Å². The highest BCUT2D eigenvalue weighted by Gasteiger charge is 2.18. The second kappa shape index (κ2) is 16.1. The summed E-state index contributed by atoms with van der Waals surface area (Å²) in [5, 5.41) is 12.2. The number of hydrogen-bond acceptors (Lipinski definition) is 5. The maximum Gasteiger partial charge on any atom is 0.333 e. The first-order valence-corrected chi connectivity index (χ1v) is 14.3. The molecule has 3 aromatic rings. The van der Waals surface area contributed by atoms with Crippen LogP contribution in [0.5, 0.6) is 5.75 Å². The number of thioether (sulfide) groups is 1. The standard InChI is InChI=1S/C29H33BrN2O5S/c1-2-36-27(28(33)34)21-22-9-15-25(16-10-22)37-19-18-32(17-6-20-38-26-7-4-3-5-8-26)29(35)31-24-13-11-23(30)12-14-24/h3-5,7-16,27H,2,6,17-21H2,1H3,(H,31,35)(H,33,34). The first kappa shape index (κ1) is 29.5. The number of hydrogen-bond donors (Lipinski definition) is 2. The SMILES string of the molecule is CCOC(Cc1ccc(OCCN(CCCSc2ccccc2)C(=O)Nc2ccc(Br)cc2)cc1)C(=O)O. The summed E-state index contributed by atoms with van der Waals surface area (Å²) in [5.41, 5.74) is 1.58. The van der Waals surface area contributed by atoms with Crippen LogP contribution in [0.1, 0.15) is 18.9 Å². The van der Waals surface area contributed by atoms with Crippen LogP contribution in [0.4, 0.5) is 10.5 Å². The zero-order chi connectivity index (χ0) is 27.2. The Kier molecular flexibility index (Phi) is 12.5. The molecule has 0 bridgehead atoms. The van der Waals surface area contributed by atoms with E-state index in [-0.39, 0.29) is 12.5 Å². The molecule has 0 aliphatic heterocycles. The normalized spacial score (nSPS) is 11.5. The maximum atomic E-state index is 13.0. The number of nitrogens with one attached hydrogen (secondary N) is 1. The van der Waals surface area contributed by atoms with Crippen molar-refractivity contribution in [3.63, 3.8) is 0 Å². The van der Waals surface area contributed by atoms with Crippen molar-refractivity contribution >= 4 is 45.4 Å². The average molecular weight is 602 g/mol. The van der Waals surface area contributed by atoms with Gasteiger partial charge in [0, 0.05) is 34.6 Å². The number of halogens is 1. The third-order valence-corrected chi connectivity index (χ3v) is 7.21. The van der Waals surface area contributed by atoms with E-state index in [1.54, 1.807) is 23.6 Å². The summed E-state index contributed by atoms with van der Waals surface area (Å²) in [7, 11) is 0. The predicted octanol–water partition coefficient (Wildman–Crippen LogP) is 6.58. The van der Waals surface area contributed by atoms with Crippen molar-refractivity contribution in [2.24, 2.45) is 0 Å². The topological polar surface area (TPSA) is 88.1 Å². The molecular weight excluding hydrogens is 568 g/mol. The molecule has 1 atom stereocenters. The lowest BCUT2D eigenvalue weighted by molar-refractivity contribution is -0.149. The average Bonchev–Trinajstić information content (AvgIpc) is 2.92. The van der Waals surface area contributed by atoms with Gasteiger partial charge < -0.3 is 24.8 Å². The Morgan fingerprint density at radius 2 is 1.71 bits per heavy atom. The lowest BCUT2D eigenvalue weighted by Crippen LogP contribution is -2.38. The third-order valence-electron chi connectivity index (χ3n) is 5.58. The highest BCUT2D eigenvalue weighted by atomic mass is 79.9. The second-order valence-electron chi connectivity index (χ2n) is 8.42. The number of carbonyl (C=O) groups is 2. The number of anilines is 1. The molecule has 202 valence electrons. The minimum Gasteiger partial charge on any atom is -0.492 e. The third kappa shape index (κ3) is 10.4. The molecular formula is C29H33BrN2O5S. The first-order valence-electron chi connectivity index (χ1n) is 12.5. The fraction of sp³-hybridized carbons (Fsp3) is 0.310. The van der Waals surface area contributed by atoms with E-state index in [9.17, 15) is 14.7 Å². The lowest BCUT2D eigenvalue weighted by Gasteiger charge is -2.23. The van der Waals surface area contributed by atoms with Crippen molar-refractivity contribution in [3.05, 3.63) is 88.9 Å². The van der Waals surface area contributed by atoms with Gasteiger partial charge in [0.1, 0.15) is 12.4 Å². The van der Waals surface area contributed by atoms with Crippen LogP contribution in [0.2, 0.25) is 0 Å². The number of amides is 2. The number of rotatable bonds is 15. The minimum absolute atomic E-state index is 0.174. The Morgan fingerprint density at radius 3 is 2.37 bits per heavy atom. The van der Waals surface area contributed by atoms with Gasteiger partial charge in [-0.25, -0.2) is 9.59 Å². The fourth-order valence-corrected chi connectivity index (χ4v) is 4.76. The smallest absolute Gasteiger partial charge is 0.333 e. The minimum atomic E-state index is -0.976. The number of ether oxygens (including phenoxy) is 2. The maximum absolute atomic E-state index is 13.0. The molecule has 0 saturated heterocycles. The molecule has 3 rings (SSSR count). The lowest BCUT2D eigenvalue weighted by atomic mass is 10.1. The summed E-state index contributed by atoms with van der Waals surface area (Å²) in [4.78, 5) is 27.3. The van der Waals surface area contributed by atoms with Gasteiger partial charge in [0.2, 0.25) is 0 Å². The van der Waals surface area contributed by atoms with Crippen LogP contribution in [-0.4, -0.2) is 60.2 Å². The number of carboxylic acids is 1. The van der Waals surface area contributed by atoms with Gasteiger partial charge in [-0.2, -0.15) is 0 Å². The van der Waals surface area contributed by atoms with Crippen molar-refractivity contribution in [2.75, 3.05) is 37.4 Å². The molecule has 1 unspecified atom stereocenters. The van der Waals surface area contributed by atoms with Crippen molar-refractivity contribution in [3.8, 4) is 5.75 Å². The van der Waals surface area contributed by atoms with Crippen molar-refractivity contribution in [1.82, 2.24) is 4.90 Å². The van der Waals surface area contributed by atoms with Crippen LogP contribution in [0.25, 0.3) is 0 Å². The largest absolute Gasteiger partial charge is 0.492 e. The predicted molar refractivity (Wildman–Crippen MR) is 155 cm³/mol. The summed E-state index contributed by atoms with van der Waals surface area (Å²) in [5.74, 6) is 0.578. The highest BCUT2D eigenvalue weighted by Crippen LogP contribution is 2.19. The quantitative estimate of drug-likeness (QED) is 0.151. The summed E-state index contributed by atoms with van der Waals surface area (Å²) in [6.07, 6.45) is 0.255. The molecule has 0 aliphatic rings. The summed E-state index contributed by atoms with van der Waals surface area (Å²) < 4.78 is 12.1. The van der Waals surface area contributed by atoms with E-state index in [1.165, 1.54) is 4.90 Å². The van der Waals surface area contributed by atoms with Crippen LogP contribution in [0.15, 0.2) is 88.2 Å². The fourth-order valence-electron chi connectivity index (χ4n) is 3.64. The van der Waals surface area contributed by atoms with Gasteiger partial charge in [0.05, 0.1) is 6.54 Å². The molecule has 0 aliphatic carbocycles. The molecule has 0 heterocycles. The molecule has 0 aromatic heterocycles. The van der Waals surface area contributed by atoms with Crippen LogP contribution < -0.4 is 10.1 Å². The molecule has 7 nitrogen and oxygen atoms in total. The molecule has 38 heavy (non-hydrogen) atoms. The number of urea groups is 1. The summed E-state index contributed by atoms with van der Waals surface area (Å²) >= 11 is 5.18. The number of benzene rings is 3. The van der Waals surface area contributed by atoms with Gasteiger partial charge in [-0.3, -0.25) is 0 Å². The molecule has 2 N–H and O–H groups in total. The molecule has 9 heteroatoms. The summed E-state index contributed by atoms with van der Waals surface area (Å²) in [6.45, 7) is 3.46. The van der Waals surface area contributed by atoms with Gasteiger partial charge in [0.25, 0.3) is 0 Å².